The minimum Gasteiger partial charge on any atom is -0.368 e. The molecule has 1 aromatic carbocycles. The summed E-state index contributed by atoms with van der Waals surface area (Å²) in [5.74, 6) is -0.0349. The van der Waals surface area contributed by atoms with E-state index in [0.29, 0.717) is 11.4 Å². The molecule has 0 spiro atoms. The number of amides is 1. The van der Waals surface area contributed by atoms with Gasteiger partial charge in [-0.05, 0) is 30.2 Å². The topological polar surface area (TPSA) is 75.3 Å². The molecule has 1 aromatic heterocycles. The SMILES string of the molecule is CCc1ccc(N2CCN(c3nnc(Cl)cc3C(N)=O)CC2)cc1. The van der Waals surface area contributed by atoms with Gasteiger partial charge in [0.05, 0.1) is 5.56 Å². The molecular formula is C17H20ClN5O. The average Bonchev–Trinajstić information content (AvgIpc) is 2.62. The minimum absolute atomic E-state index is 0.169. The second-order valence-electron chi connectivity index (χ2n) is 5.76. The standard InChI is InChI=1S/C17H20ClN5O/c1-2-12-3-5-13(6-4-12)22-7-9-23(10-8-22)17-14(16(19)24)11-15(18)20-21-17/h3-6,11H,2,7-10H2,1H3,(H2,19,24). The summed E-state index contributed by atoms with van der Waals surface area (Å²) in [5.41, 5.74) is 8.29. The van der Waals surface area contributed by atoms with Gasteiger partial charge in [-0.25, -0.2) is 0 Å². The number of carbonyl (C=O) groups excluding carboxylic acids is 1. The van der Waals surface area contributed by atoms with Crippen LogP contribution in [0.4, 0.5) is 11.5 Å². The second-order valence-corrected chi connectivity index (χ2v) is 6.15. The lowest BCUT2D eigenvalue weighted by atomic mass is 10.1. The summed E-state index contributed by atoms with van der Waals surface area (Å²) in [7, 11) is 0. The zero-order valence-corrected chi connectivity index (χ0v) is 14.3. The van der Waals surface area contributed by atoms with Crippen molar-refractivity contribution < 1.29 is 4.79 Å². The molecule has 6 nitrogen and oxygen atoms in total. The van der Waals surface area contributed by atoms with Gasteiger partial charge in [0.25, 0.3) is 5.91 Å². The van der Waals surface area contributed by atoms with E-state index in [1.165, 1.54) is 17.3 Å². The van der Waals surface area contributed by atoms with Crippen LogP contribution in [0.15, 0.2) is 30.3 Å². The number of aromatic nitrogens is 2. The zero-order valence-electron chi connectivity index (χ0n) is 13.6. The van der Waals surface area contributed by atoms with Crippen molar-refractivity contribution in [3.05, 3.63) is 46.6 Å². The Morgan fingerprint density at radius 2 is 1.75 bits per heavy atom. The van der Waals surface area contributed by atoms with Crippen LogP contribution in [0, 0.1) is 0 Å². The summed E-state index contributed by atoms with van der Waals surface area (Å²) in [4.78, 5) is 16.0. The molecule has 1 amide bonds. The van der Waals surface area contributed by atoms with Crippen LogP contribution in [-0.4, -0.2) is 42.3 Å². The normalized spacial score (nSPS) is 14.8. The molecule has 2 N–H and O–H groups in total. The molecule has 0 unspecified atom stereocenters. The van der Waals surface area contributed by atoms with E-state index in [9.17, 15) is 4.79 Å². The van der Waals surface area contributed by atoms with Crippen LogP contribution >= 0.6 is 11.6 Å². The number of hydrogen-bond donors (Lipinski definition) is 1. The van der Waals surface area contributed by atoms with E-state index < -0.39 is 5.91 Å². The van der Waals surface area contributed by atoms with Gasteiger partial charge in [-0.2, -0.15) is 0 Å². The maximum Gasteiger partial charge on any atom is 0.252 e. The molecule has 2 aromatic rings. The Balaban J connectivity index is 1.72. The third-order valence-electron chi connectivity index (χ3n) is 4.30. The number of hydrogen-bond acceptors (Lipinski definition) is 5. The third-order valence-corrected chi connectivity index (χ3v) is 4.48. The summed E-state index contributed by atoms with van der Waals surface area (Å²) in [6.07, 6.45) is 1.04. The molecule has 24 heavy (non-hydrogen) atoms. The number of anilines is 2. The number of benzene rings is 1. The van der Waals surface area contributed by atoms with Crippen LogP contribution in [0.1, 0.15) is 22.8 Å². The largest absolute Gasteiger partial charge is 0.368 e. The molecule has 1 fully saturated rings. The highest BCUT2D eigenvalue weighted by Gasteiger charge is 2.23. The van der Waals surface area contributed by atoms with Gasteiger partial charge in [-0.3, -0.25) is 4.79 Å². The number of nitrogens with zero attached hydrogens (tertiary/aromatic N) is 4. The number of piperazine rings is 1. The van der Waals surface area contributed by atoms with Crippen LogP contribution in [0.2, 0.25) is 5.15 Å². The first-order chi connectivity index (χ1) is 11.6. The Labute approximate surface area is 146 Å². The first-order valence-corrected chi connectivity index (χ1v) is 8.38. The van der Waals surface area contributed by atoms with E-state index in [1.807, 2.05) is 4.90 Å². The zero-order chi connectivity index (χ0) is 17.1. The third kappa shape index (κ3) is 3.43. The van der Waals surface area contributed by atoms with Crippen molar-refractivity contribution in [2.24, 2.45) is 5.73 Å². The summed E-state index contributed by atoms with van der Waals surface area (Å²) in [6, 6.07) is 10.1. The Kier molecular flexibility index (Phi) is 4.85. The van der Waals surface area contributed by atoms with Gasteiger partial charge >= 0.3 is 0 Å². The molecule has 3 rings (SSSR count). The fourth-order valence-corrected chi connectivity index (χ4v) is 3.04. The van der Waals surface area contributed by atoms with Crippen LogP contribution < -0.4 is 15.5 Å². The Morgan fingerprint density at radius 3 is 2.33 bits per heavy atom. The number of rotatable bonds is 4. The maximum absolute atomic E-state index is 11.6. The highest BCUT2D eigenvalue weighted by molar-refractivity contribution is 6.29. The van der Waals surface area contributed by atoms with Gasteiger partial charge in [-0.15, -0.1) is 10.2 Å². The molecule has 1 aliphatic heterocycles. The van der Waals surface area contributed by atoms with Crippen molar-refractivity contribution in [1.29, 1.82) is 0 Å². The monoisotopic (exact) mass is 345 g/mol. The van der Waals surface area contributed by atoms with E-state index in [1.54, 1.807) is 0 Å². The molecular weight excluding hydrogens is 326 g/mol. The van der Waals surface area contributed by atoms with Crippen molar-refractivity contribution in [2.75, 3.05) is 36.0 Å². The van der Waals surface area contributed by atoms with Crippen LogP contribution in [0.5, 0.6) is 0 Å². The molecule has 7 heteroatoms. The van der Waals surface area contributed by atoms with Crippen LogP contribution in [0.25, 0.3) is 0 Å². The van der Waals surface area contributed by atoms with E-state index in [2.05, 4.69) is 46.3 Å². The minimum atomic E-state index is -0.542. The summed E-state index contributed by atoms with van der Waals surface area (Å²) in [5, 5.41) is 8.08. The number of nitrogens with two attached hydrogens (primary N) is 1. The Morgan fingerprint density at radius 1 is 1.12 bits per heavy atom. The first kappa shape index (κ1) is 16.5. The van der Waals surface area contributed by atoms with Crippen LogP contribution in [-0.2, 0) is 6.42 Å². The van der Waals surface area contributed by atoms with Gasteiger partial charge in [0.2, 0.25) is 0 Å². The lowest BCUT2D eigenvalue weighted by Gasteiger charge is -2.37. The molecule has 126 valence electrons. The molecule has 1 saturated heterocycles. The molecule has 1 aliphatic rings. The molecule has 0 atom stereocenters. The first-order valence-electron chi connectivity index (χ1n) is 8.00. The highest BCUT2D eigenvalue weighted by atomic mass is 35.5. The van der Waals surface area contributed by atoms with E-state index in [0.717, 1.165) is 32.6 Å². The van der Waals surface area contributed by atoms with Gasteiger partial charge in [0.15, 0.2) is 11.0 Å². The second kappa shape index (κ2) is 7.05. The number of carbonyl (C=O) groups is 1. The number of primary amides is 1. The van der Waals surface area contributed by atoms with Gasteiger partial charge in [0, 0.05) is 31.9 Å². The fourth-order valence-electron chi connectivity index (χ4n) is 2.90. The van der Waals surface area contributed by atoms with E-state index in [4.69, 9.17) is 17.3 Å². The predicted molar refractivity (Wildman–Crippen MR) is 95.8 cm³/mol. The molecule has 2 heterocycles. The summed E-state index contributed by atoms with van der Waals surface area (Å²) < 4.78 is 0. The van der Waals surface area contributed by atoms with E-state index in [-0.39, 0.29) is 5.15 Å². The maximum atomic E-state index is 11.6. The summed E-state index contributed by atoms with van der Waals surface area (Å²) in [6.45, 7) is 5.32. The van der Waals surface area contributed by atoms with Gasteiger partial charge in [0.1, 0.15) is 0 Å². The Bertz CT molecular complexity index is 726. The van der Waals surface area contributed by atoms with Gasteiger partial charge < -0.3 is 15.5 Å². The number of halogens is 1. The number of aryl methyl sites for hydroxylation is 1. The molecule has 0 saturated carbocycles. The lowest BCUT2D eigenvalue weighted by Crippen LogP contribution is -2.47. The molecule has 0 bridgehead atoms. The molecule has 0 aliphatic carbocycles. The quantitative estimate of drug-likeness (QED) is 0.918. The van der Waals surface area contributed by atoms with Crippen molar-refractivity contribution >= 4 is 29.0 Å². The van der Waals surface area contributed by atoms with Crippen molar-refractivity contribution in [2.45, 2.75) is 13.3 Å². The van der Waals surface area contributed by atoms with Crippen molar-refractivity contribution in [3.63, 3.8) is 0 Å². The fraction of sp³-hybridized carbons (Fsp3) is 0.353. The van der Waals surface area contributed by atoms with Crippen LogP contribution in [0.3, 0.4) is 0 Å². The molecule has 0 radical (unpaired) electrons. The smallest absolute Gasteiger partial charge is 0.252 e. The predicted octanol–water partition coefficient (Wildman–Crippen LogP) is 2.12. The Hall–Kier alpha value is -2.34. The lowest BCUT2D eigenvalue weighted by molar-refractivity contribution is 0.1000. The highest BCUT2D eigenvalue weighted by Crippen LogP contribution is 2.23. The van der Waals surface area contributed by atoms with Crippen molar-refractivity contribution in [1.82, 2.24) is 10.2 Å². The average molecular weight is 346 g/mol. The van der Waals surface area contributed by atoms with Gasteiger partial charge in [-0.1, -0.05) is 30.7 Å². The summed E-state index contributed by atoms with van der Waals surface area (Å²) >= 11 is 5.82. The van der Waals surface area contributed by atoms with Crippen molar-refractivity contribution in [3.8, 4) is 0 Å². The van der Waals surface area contributed by atoms with E-state index >= 15 is 0 Å².